The maximum absolute atomic E-state index is 6.50. The minimum Gasteiger partial charge on any atom is -0.202 e. The zero-order valence-corrected chi connectivity index (χ0v) is 5.77. The number of nitrogens with zero attached hydrogens (tertiary/aromatic N) is 1. The first-order valence-corrected chi connectivity index (χ1v) is 2.92. The van der Waals surface area contributed by atoms with Gasteiger partial charge >= 0.3 is 0 Å². The molecule has 0 aromatic rings. The maximum atomic E-state index is 6.50. The number of allylic oxidation sites excluding steroid dienone is 4. The van der Waals surface area contributed by atoms with Crippen molar-refractivity contribution in [1.29, 1.82) is 5.26 Å². The normalized spacial score (nSPS) is 14.2. The average molecular weight is 137 g/mol. The third-order valence-corrected chi connectivity index (χ3v) is 1.15. The molecular weight excluding hydrogens is 130 g/mol. The van der Waals surface area contributed by atoms with Gasteiger partial charge in [-0.2, -0.15) is 0 Å². The van der Waals surface area contributed by atoms with E-state index in [0.717, 1.165) is 11.3 Å². The van der Waals surface area contributed by atoms with Gasteiger partial charge in [-0.3, -0.25) is 0 Å². The summed E-state index contributed by atoms with van der Waals surface area (Å²) in [7, 11) is 0. The van der Waals surface area contributed by atoms with Crippen LogP contribution in [0.25, 0.3) is 0 Å². The average Bonchev–Trinajstić information content (AvgIpc) is 1.94. The van der Waals surface area contributed by atoms with Crippen molar-refractivity contribution in [2.45, 2.75) is 6.42 Å². The molecule has 1 rings (SSSR count). The van der Waals surface area contributed by atoms with Crippen LogP contribution in [0.1, 0.15) is 6.42 Å². The van der Waals surface area contributed by atoms with Gasteiger partial charge in [-0.15, -0.1) is 0 Å². The highest BCUT2D eigenvalue weighted by molar-refractivity contribution is 7.80. The summed E-state index contributed by atoms with van der Waals surface area (Å²) in [4.78, 5) is 1.03. The van der Waals surface area contributed by atoms with Crippen LogP contribution in [-0.2, 0) is 0 Å². The van der Waals surface area contributed by atoms with Gasteiger partial charge < -0.3 is 0 Å². The summed E-state index contributed by atoms with van der Waals surface area (Å²) < 4.78 is 0. The first kappa shape index (κ1) is 8.06. The number of rotatable bonds is 0. The monoisotopic (exact) mass is 137 g/mol. The molecule has 0 radical (unpaired) electrons. The van der Waals surface area contributed by atoms with Crippen molar-refractivity contribution in [3.63, 3.8) is 0 Å². The van der Waals surface area contributed by atoms with Crippen LogP contribution in [-0.4, -0.2) is 4.86 Å². The van der Waals surface area contributed by atoms with Crippen LogP contribution in [0.5, 0.6) is 0 Å². The van der Waals surface area contributed by atoms with E-state index in [4.69, 9.17) is 17.5 Å². The predicted octanol–water partition coefficient (Wildman–Crippen LogP) is 2.01. The van der Waals surface area contributed by atoms with E-state index in [2.05, 4.69) is 12.6 Å². The third kappa shape index (κ3) is 3.63. The summed E-state index contributed by atoms with van der Waals surface area (Å²) in [6.07, 6.45) is 8.94. The van der Waals surface area contributed by atoms with Crippen LogP contribution < -0.4 is 0 Å². The van der Waals surface area contributed by atoms with Crippen molar-refractivity contribution in [2.24, 2.45) is 0 Å². The summed E-state index contributed by atoms with van der Waals surface area (Å²) >= 11 is 4.87. The molecule has 0 aromatic carbocycles. The van der Waals surface area contributed by atoms with Gasteiger partial charge in [0.2, 0.25) is 0 Å². The van der Waals surface area contributed by atoms with Crippen LogP contribution >= 0.6 is 12.2 Å². The molecule has 0 atom stereocenters. The molecule has 1 aliphatic carbocycles. The molecule has 1 aliphatic rings. The lowest BCUT2D eigenvalue weighted by Gasteiger charge is -1.92. The Labute approximate surface area is 60.3 Å². The zero-order valence-electron chi connectivity index (χ0n) is 4.95. The second kappa shape index (κ2) is 5.20. The van der Waals surface area contributed by atoms with Gasteiger partial charge in [0.1, 0.15) is 0 Å². The topological polar surface area (TPSA) is 23.8 Å². The molecule has 0 unspecified atom stereocenters. The Morgan fingerprint density at radius 1 is 1.44 bits per heavy atom. The molecule has 0 N–H and O–H groups in total. The number of hydrogen-bond donors (Lipinski definition) is 0. The molecule has 0 amide bonds. The highest BCUT2D eigenvalue weighted by Gasteiger charge is 1.87. The number of thiocarbonyl (C=S) groups is 1. The van der Waals surface area contributed by atoms with Crippen LogP contribution in [0.4, 0.5) is 0 Å². The third-order valence-electron chi connectivity index (χ3n) is 0.848. The molecule has 0 spiro atoms. The summed E-state index contributed by atoms with van der Waals surface area (Å²) in [6, 6.07) is 0. The maximum Gasteiger partial charge on any atom is 0.0462 e. The van der Waals surface area contributed by atoms with Crippen molar-refractivity contribution in [2.75, 3.05) is 0 Å². The molecule has 9 heavy (non-hydrogen) atoms. The lowest BCUT2D eigenvalue weighted by molar-refractivity contribution is 1.50. The minimum absolute atomic E-state index is 0.950. The fraction of sp³-hybridized carbons (Fsp3) is 0.143. The van der Waals surface area contributed by atoms with Gasteiger partial charge in [0.15, 0.2) is 0 Å². The van der Waals surface area contributed by atoms with E-state index in [1.54, 1.807) is 0 Å². The van der Waals surface area contributed by atoms with Gasteiger partial charge in [-0.05, 0) is 6.08 Å². The Hall–Kier alpha value is -0.940. The Balaban J connectivity index is 0.000000291. The van der Waals surface area contributed by atoms with Crippen LogP contribution in [0, 0.1) is 11.8 Å². The molecule has 46 valence electrons. The van der Waals surface area contributed by atoms with E-state index in [9.17, 15) is 0 Å². The fourth-order valence-corrected chi connectivity index (χ4v) is 0.668. The summed E-state index contributed by atoms with van der Waals surface area (Å²) in [5.41, 5.74) is 0. The van der Waals surface area contributed by atoms with E-state index in [1.807, 2.05) is 18.2 Å². The van der Waals surface area contributed by atoms with Crippen molar-refractivity contribution < 1.29 is 0 Å². The van der Waals surface area contributed by atoms with Gasteiger partial charge in [0.05, 0.1) is 0 Å². The van der Waals surface area contributed by atoms with Crippen molar-refractivity contribution in [3.8, 4) is 6.57 Å². The molecule has 2 heteroatoms. The second-order valence-corrected chi connectivity index (χ2v) is 1.98. The molecule has 0 fully saturated rings. The summed E-state index contributed by atoms with van der Waals surface area (Å²) in [6.45, 7) is 3.50. The Kier molecular flexibility index (Phi) is 4.66. The van der Waals surface area contributed by atoms with Crippen LogP contribution in [0.2, 0.25) is 0 Å². The van der Waals surface area contributed by atoms with Gasteiger partial charge in [-0.1, -0.05) is 30.4 Å². The van der Waals surface area contributed by atoms with E-state index in [0.29, 0.717) is 0 Å². The van der Waals surface area contributed by atoms with Crippen LogP contribution in [0.3, 0.4) is 0 Å². The van der Waals surface area contributed by atoms with Crippen molar-refractivity contribution in [3.05, 3.63) is 24.3 Å². The number of hydrogen-bond acceptors (Lipinski definition) is 2. The molecule has 0 bridgehead atoms. The SMILES string of the molecule is C#N.S=C1C=CC=CC1. The predicted molar refractivity (Wildman–Crippen MR) is 42.2 cm³/mol. The first-order chi connectivity index (χ1) is 4.39. The van der Waals surface area contributed by atoms with E-state index in [-0.39, 0.29) is 0 Å². The standard InChI is InChI=1S/C6H6S.CHN/c7-6-4-2-1-3-5-6;1-2/h1-4H,5H2;1H. The molecule has 0 saturated carbocycles. The Morgan fingerprint density at radius 2 is 2.11 bits per heavy atom. The Bertz CT molecular complexity index is 165. The Morgan fingerprint density at radius 3 is 2.33 bits per heavy atom. The zero-order chi connectivity index (χ0) is 7.11. The fourth-order valence-electron chi connectivity index (χ4n) is 0.494. The van der Waals surface area contributed by atoms with E-state index < -0.39 is 0 Å². The lowest BCUT2D eigenvalue weighted by Crippen LogP contribution is -1.86. The number of nitriles is 1. The smallest absolute Gasteiger partial charge is 0.0462 e. The molecule has 0 heterocycles. The molecule has 1 nitrogen and oxygen atoms in total. The quantitative estimate of drug-likeness (QED) is 0.477. The minimum atomic E-state index is 0.950. The van der Waals surface area contributed by atoms with Gasteiger partial charge in [0.25, 0.3) is 0 Å². The summed E-state index contributed by atoms with van der Waals surface area (Å²) in [5, 5.41) is 6.50. The highest BCUT2D eigenvalue weighted by atomic mass is 32.1. The molecule has 0 aromatic heterocycles. The molecular formula is C7H7NS. The van der Waals surface area contributed by atoms with Crippen molar-refractivity contribution in [1.82, 2.24) is 0 Å². The first-order valence-electron chi connectivity index (χ1n) is 2.51. The van der Waals surface area contributed by atoms with Gasteiger partial charge in [0, 0.05) is 17.9 Å². The van der Waals surface area contributed by atoms with Gasteiger partial charge in [-0.25, -0.2) is 5.26 Å². The second-order valence-electron chi connectivity index (χ2n) is 1.46. The van der Waals surface area contributed by atoms with E-state index >= 15 is 0 Å². The van der Waals surface area contributed by atoms with Crippen LogP contribution in [0.15, 0.2) is 24.3 Å². The largest absolute Gasteiger partial charge is 0.202 e. The van der Waals surface area contributed by atoms with E-state index in [1.165, 1.54) is 0 Å². The molecule has 0 saturated heterocycles. The summed E-state index contributed by atoms with van der Waals surface area (Å²) in [5.74, 6) is 0. The van der Waals surface area contributed by atoms with Crippen molar-refractivity contribution >= 4 is 17.1 Å². The lowest BCUT2D eigenvalue weighted by atomic mass is 10.2. The highest BCUT2D eigenvalue weighted by Crippen LogP contribution is 1.97. The molecule has 0 aliphatic heterocycles.